The van der Waals surface area contributed by atoms with E-state index in [0.29, 0.717) is 19.0 Å². The first-order valence-corrected chi connectivity index (χ1v) is 7.44. The highest BCUT2D eigenvalue weighted by Crippen LogP contribution is 2.27. The molecule has 2 amide bonds. The summed E-state index contributed by atoms with van der Waals surface area (Å²) < 4.78 is 13.6. The molecular weight excluding hydrogens is 281 g/mol. The van der Waals surface area contributed by atoms with Gasteiger partial charge in [0.15, 0.2) is 0 Å². The number of piperidine rings is 1. The Labute approximate surface area is 129 Å². The lowest BCUT2D eigenvalue weighted by Gasteiger charge is -2.32. The van der Waals surface area contributed by atoms with Crippen LogP contribution in [0, 0.1) is 5.82 Å². The highest BCUT2D eigenvalue weighted by molar-refractivity contribution is 5.89. The van der Waals surface area contributed by atoms with Crippen LogP contribution in [0.4, 0.5) is 14.9 Å². The van der Waals surface area contributed by atoms with E-state index in [4.69, 9.17) is 0 Å². The Morgan fingerprint density at radius 3 is 2.50 bits per heavy atom. The monoisotopic (exact) mass is 299 g/mol. The standard InChI is InChI=1S/C17H18FN3O/c18-15-3-1-2-4-16(15)20-17(22)21-11-7-14(8-12-21)13-5-9-19-10-6-13/h1-6,9-10,14H,7-8,11-12H2,(H,20,22). The van der Waals surface area contributed by atoms with E-state index in [1.807, 2.05) is 12.1 Å². The topological polar surface area (TPSA) is 45.2 Å². The summed E-state index contributed by atoms with van der Waals surface area (Å²) in [5, 5.41) is 2.64. The molecule has 1 saturated heterocycles. The van der Waals surface area contributed by atoms with Crippen LogP contribution in [0.2, 0.25) is 0 Å². The average molecular weight is 299 g/mol. The fraction of sp³-hybridized carbons (Fsp3) is 0.294. The number of urea groups is 1. The van der Waals surface area contributed by atoms with Gasteiger partial charge in [0.1, 0.15) is 5.82 Å². The van der Waals surface area contributed by atoms with Crippen molar-refractivity contribution in [2.75, 3.05) is 18.4 Å². The van der Waals surface area contributed by atoms with Crippen molar-refractivity contribution in [1.29, 1.82) is 0 Å². The van der Waals surface area contributed by atoms with Gasteiger partial charge in [-0.2, -0.15) is 0 Å². The fourth-order valence-corrected chi connectivity index (χ4v) is 2.81. The van der Waals surface area contributed by atoms with Crippen molar-refractivity contribution < 1.29 is 9.18 Å². The van der Waals surface area contributed by atoms with Gasteiger partial charge in [-0.25, -0.2) is 9.18 Å². The van der Waals surface area contributed by atoms with Crippen molar-refractivity contribution in [2.45, 2.75) is 18.8 Å². The minimum atomic E-state index is -0.414. The van der Waals surface area contributed by atoms with Crippen LogP contribution in [0.25, 0.3) is 0 Å². The van der Waals surface area contributed by atoms with E-state index < -0.39 is 5.82 Å². The number of likely N-dealkylation sites (tertiary alicyclic amines) is 1. The SMILES string of the molecule is O=C(Nc1ccccc1F)N1CCC(c2ccncc2)CC1. The molecule has 0 saturated carbocycles. The van der Waals surface area contributed by atoms with Crippen LogP contribution in [-0.2, 0) is 0 Å². The molecule has 0 unspecified atom stereocenters. The third-order valence-electron chi connectivity index (χ3n) is 4.08. The minimum absolute atomic E-state index is 0.226. The summed E-state index contributed by atoms with van der Waals surface area (Å²) in [7, 11) is 0. The Morgan fingerprint density at radius 1 is 1.14 bits per heavy atom. The Hall–Kier alpha value is -2.43. The van der Waals surface area contributed by atoms with Gasteiger partial charge in [-0.05, 0) is 48.6 Å². The van der Waals surface area contributed by atoms with E-state index in [9.17, 15) is 9.18 Å². The largest absolute Gasteiger partial charge is 0.324 e. The van der Waals surface area contributed by atoms with E-state index in [-0.39, 0.29) is 11.7 Å². The maximum absolute atomic E-state index is 13.6. The quantitative estimate of drug-likeness (QED) is 0.920. The molecule has 1 N–H and O–H groups in total. The average Bonchev–Trinajstić information content (AvgIpc) is 2.58. The Bertz CT molecular complexity index is 639. The second-order valence-electron chi connectivity index (χ2n) is 5.45. The van der Waals surface area contributed by atoms with Gasteiger partial charge in [0, 0.05) is 25.5 Å². The second-order valence-corrected chi connectivity index (χ2v) is 5.45. The number of pyridine rings is 1. The molecule has 22 heavy (non-hydrogen) atoms. The first kappa shape index (κ1) is 14.5. The molecule has 1 aromatic carbocycles. The molecule has 0 bridgehead atoms. The molecule has 3 rings (SSSR count). The Morgan fingerprint density at radius 2 is 1.82 bits per heavy atom. The van der Waals surface area contributed by atoms with Crippen molar-refractivity contribution >= 4 is 11.7 Å². The molecule has 2 heterocycles. The number of carbonyl (C=O) groups is 1. The second kappa shape index (κ2) is 6.56. The van der Waals surface area contributed by atoms with Gasteiger partial charge < -0.3 is 10.2 Å². The first-order chi connectivity index (χ1) is 10.7. The number of carbonyl (C=O) groups excluding carboxylic acids is 1. The molecule has 0 atom stereocenters. The predicted octanol–water partition coefficient (Wildman–Crippen LogP) is 3.63. The molecule has 1 aliphatic rings. The number of para-hydroxylation sites is 1. The maximum atomic E-state index is 13.6. The number of nitrogens with zero attached hydrogens (tertiary/aromatic N) is 2. The molecule has 0 radical (unpaired) electrons. The third kappa shape index (κ3) is 3.24. The zero-order valence-corrected chi connectivity index (χ0v) is 12.2. The van der Waals surface area contributed by atoms with Crippen LogP contribution in [0.1, 0.15) is 24.3 Å². The van der Waals surface area contributed by atoms with Gasteiger partial charge in [0.2, 0.25) is 0 Å². The number of halogens is 1. The van der Waals surface area contributed by atoms with Crippen molar-refractivity contribution in [3.05, 3.63) is 60.2 Å². The molecule has 1 fully saturated rings. The minimum Gasteiger partial charge on any atom is -0.324 e. The zero-order chi connectivity index (χ0) is 15.4. The van der Waals surface area contributed by atoms with Crippen LogP contribution in [0.3, 0.4) is 0 Å². The zero-order valence-electron chi connectivity index (χ0n) is 12.2. The highest BCUT2D eigenvalue weighted by atomic mass is 19.1. The number of aromatic nitrogens is 1. The summed E-state index contributed by atoms with van der Waals surface area (Å²) in [6.07, 6.45) is 5.42. The van der Waals surface area contributed by atoms with Gasteiger partial charge >= 0.3 is 6.03 Å². The highest BCUT2D eigenvalue weighted by Gasteiger charge is 2.24. The fourth-order valence-electron chi connectivity index (χ4n) is 2.81. The van der Waals surface area contributed by atoms with Crippen LogP contribution in [-0.4, -0.2) is 29.0 Å². The normalized spacial score (nSPS) is 15.6. The van der Waals surface area contributed by atoms with Crippen LogP contribution in [0.5, 0.6) is 0 Å². The van der Waals surface area contributed by atoms with E-state index in [1.165, 1.54) is 11.6 Å². The number of benzene rings is 1. The number of amides is 2. The molecule has 5 heteroatoms. The van der Waals surface area contributed by atoms with E-state index in [1.54, 1.807) is 35.5 Å². The summed E-state index contributed by atoms with van der Waals surface area (Å²) >= 11 is 0. The number of rotatable bonds is 2. The summed E-state index contributed by atoms with van der Waals surface area (Å²) in [6.45, 7) is 1.35. The molecule has 4 nitrogen and oxygen atoms in total. The van der Waals surface area contributed by atoms with Crippen LogP contribution < -0.4 is 5.32 Å². The van der Waals surface area contributed by atoms with Gasteiger partial charge in [-0.3, -0.25) is 4.98 Å². The predicted molar refractivity (Wildman–Crippen MR) is 83.2 cm³/mol. The number of hydrogen-bond acceptors (Lipinski definition) is 2. The summed E-state index contributed by atoms with van der Waals surface area (Å²) in [5.41, 5.74) is 1.49. The molecule has 1 aliphatic heterocycles. The van der Waals surface area contributed by atoms with E-state index >= 15 is 0 Å². The number of nitrogens with one attached hydrogen (secondary N) is 1. The summed E-state index contributed by atoms with van der Waals surface area (Å²) in [5.74, 6) is 0.0445. The van der Waals surface area contributed by atoms with Gasteiger partial charge in [-0.1, -0.05) is 12.1 Å². The van der Waals surface area contributed by atoms with Gasteiger partial charge in [0.05, 0.1) is 5.69 Å². The maximum Gasteiger partial charge on any atom is 0.321 e. The molecular formula is C17H18FN3O. The summed E-state index contributed by atoms with van der Waals surface area (Å²) in [6, 6.07) is 10.0. The molecule has 2 aromatic rings. The third-order valence-corrected chi connectivity index (χ3v) is 4.08. The molecule has 0 spiro atoms. The smallest absolute Gasteiger partial charge is 0.321 e. The van der Waals surface area contributed by atoms with Crippen LogP contribution >= 0.6 is 0 Å². The van der Waals surface area contributed by atoms with Gasteiger partial charge in [-0.15, -0.1) is 0 Å². The Kier molecular flexibility index (Phi) is 4.32. The van der Waals surface area contributed by atoms with Crippen LogP contribution in [0.15, 0.2) is 48.8 Å². The van der Waals surface area contributed by atoms with E-state index in [0.717, 1.165) is 12.8 Å². The first-order valence-electron chi connectivity index (χ1n) is 7.44. The van der Waals surface area contributed by atoms with Crippen molar-refractivity contribution in [2.24, 2.45) is 0 Å². The lowest BCUT2D eigenvalue weighted by molar-refractivity contribution is 0.194. The molecule has 0 aliphatic carbocycles. The summed E-state index contributed by atoms with van der Waals surface area (Å²) in [4.78, 5) is 18.0. The number of anilines is 1. The molecule has 1 aromatic heterocycles. The number of hydrogen-bond donors (Lipinski definition) is 1. The lowest BCUT2D eigenvalue weighted by atomic mass is 9.90. The van der Waals surface area contributed by atoms with Crippen molar-refractivity contribution in [3.8, 4) is 0 Å². The molecule has 114 valence electrons. The van der Waals surface area contributed by atoms with Gasteiger partial charge in [0.25, 0.3) is 0 Å². The van der Waals surface area contributed by atoms with E-state index in [2.05, 4.69) is 10.3 Å². The Balaban J connectivity index is 1.57. The van der Waals surface area contributed by atoms with Crippen molar-refractivity contribution in [1.82, 2.24) is 9.88 Å². The van der Waals surface area contributed by atoms with Crippen molar-refractivity contribution in [3.63, 3.8) is 0 Å². The lowest BCUT2D eigenvalue weighted by Crippen LogP contribution is -2.40.